The van der Waals surface area contributed by atoms with Crippen LogP contribution < -0.4 is 9.88 Å². The SMILES string of the molecule is Cc1cc(Br)cc(S(N)(=O)=O)c1OCCN1CCCC1. The quantitative estimate of drug-likeness (QED) is 0.867. The van der Waals surface area contributed by atoms with E-state index < -0.39 is 10.0 Å². The third-order valence-electron chi connectivity index (χ3n) is 3.36. The molecule has 1 aromatic rings. The molecule has 0 spiro atoms. The van der Waals surface area contributed by atoms with Crippen LogP contribution in [0.5, 0.6) is 5.75 Å². The standard InChI is InChI=1S/C13H19BrN2O3S/c1-10-8-11(14)9-12(20(15,17)18)13(10)19-7-6-16-4-2-3-5-16/h8-9H,2-7H2,1H3,(H2,15,17,18). The smallest absolute Gasteiger partial charge is 0.241 e. The van der Waals surface area contributed by atoms with Gasteiger partial charge in [0, 0.05) is 11.0 Å². The summed E-state index contributed by atoms with van der Waals surface area (Å²) in [5.74, 6) is 0.356. The van der Waals surface area contributed by atoms with E-state index in [1.54, 1.807) is 0 Å². The van der Waals surface area contributed by atoms with Crippen LogP contribution in [-0.2, 0) is 10.0 Å². The fraction of sp³-hybridized carbons (Fsp3) is 0.538. The van der Waals surface area contributed by atoms with Crippen molar-refractivity contribution in [1.29, 1.82) is 0 Å². The minimum atomic E-state index is -3.80. The molecule has 0 radical (unpaired) electrons. The van der Waals surface area contributed by atoms with Crippen LogP contribution in [-0.4, -0.2) is 39.6 Å². The maximum Gasteiger partial charge on any atom is 0.241 e. The molecule has 0 aliphatic carbocycles. The second-order valence-corrected chi connectivity index (χ2v) is 7.44. The number of hydrogen-bond donors (Lipinski definition) is 1. The largest absolute Gasteiger partial charge is 0.491 e. The van der Waals surface area contributed by atoms with Gasteiger partial charge in [-0.15, -0.1) is 0 Å². The lowest BCUT2D eigenvalue weighted by atomic mass is 10.2. The fourth-order valence-electron chi connectivity index (χ4n) is 2.38. The van der Waals surface area contributed by atoms with Crippen molar-refractivity contribution in [2.45, 2.75) is 24.7 Å². The van der Waals surface area contributed by atoms with Crippen LogP contribution in [0.3, 0.4) is 0 Å². The number of ether oxygens (including phenoxy) is 1. The fourth-order valence-corrected chi connectivity index (χ4v) is 3.87. The normalized spacial score (nSPS) is 16.6. The van der Waals surface area contributed by atoms with E-state index in [-0.39, 0.29) is 4.90 Å². The van der Waals surface area contributed by atoms with Crippen LogP contribution in [0.1, 0.15) is 18.4 Å². The first-order chi connectivity index (χ1) is 9.38. The maximum absolute atomic E-state index is 11.6. The maximum atomic E-state index is 11.6. The summed E-state index contributed by atoms with van der Waals surface area (Å²) in [4.78, 5) is 2.34. The van der Waals surface area contributed by atoms with Crippen molar-refractivity contribution < 1.29 is 13.2 Å². The molecule has 20 heavy (non-hydrogen) atoms. The molecular weight excluding hydrogens is 344 g/mol. The van der Waals surface area contributed by atoms with Gasteiger partial charge in [-0.1, -0.05) is 15.9 Å². The zero-order valence-electron chi connectivity index (χ0n) is 11.4. The predicted molar refractivity (Wildman–Crippen MR) is 81.4 cm³/mol. The first-order valence-corrected chi connectivity index (χ1v) is 8.90. The molecule has 7 heteroatoms. The number of sulfonamides is 1. The second-order valence-electron chi connectivity index (χ2n) is 4.99. The number of nitrogens with zero attached hydrogens (tertiary/aromatic N) is 1. The molecule has 1 heterocycles. The van der Waals surface area contributed by atoms with E-state index in [1.165, 1.54) is 18.9 Å². The van der Waals surface area contributed by atoms with Gasteiger partial charge in [0.1, 0.15) is 17.3 Å². The summed E-state index contributed by atoms with van der Waals surface area (Å²) in [7, 11) is -3.80. The van der Waals surface area contributed by atoms with Gasteiger partial charge in [0.15, 0.2) is 0 Å². The van der Waals surface area contributed by atoms with Gasteiger partial charge in [-0.3, -0.25) is 4.90 Å². The highest BCUT2D eigenvalue weighted by Gasteiger charge is 2.19. The van der Waals surface area contributed by atoms with Crippen molar-refractivity contribution in [3.8, 4) is 5.75 Å². The van der Waals surface area contributed by atoms with Crippen LogP contribution in [0.2, 0.25) is 0 Å². The minimum absolute atomic E-state index is 0.0331. The van der Waals surface area contributed by atoms with Gasteiger partial charge in [-0.05, 0) is 50.6 Å². The molecule has 1 fully saturated rings. The van der Waals surface area contributed by atoms with Crippen molar-refractivity contribution in [3.63, 3.8) is 0 Å². The molecule has 0 unspecified atom stereocenters. The van der Waals surface area contributed by atoms with Gasteiger partial charge in [-0.2, -0.15) is 0 Å². The Balaban J connectivity index is 2.13. The van der Waals surface area contributed by atoms with Crippen LogP contribution in [0.4, 0.5) is 0 Å². The van der Waals surface area contributed by atoms with E-state index in [1.807, 2.05) is 13.0 Å². The summed E-state index contributed by atoms with van der Waals surface area (Å²) in [6.45, 7) is 5.25. The number of nitrogens with two attached hydrogens (primary N) is 1. The number of hydrogen-bond acceptors (Lipinski definition) is 4. The van der Waals surface area contributed by atoms with Crippen LogP contribution in [0.15, 0.2) is 21.5 Å². The molecule has 0 bridgehead atoms. The third kappa shape index (κ3) is 3.94. The molecule has 0 aromatic heterocycles. The van der Waals surface area contributed by atoms with Crippen LogP contribution in [0.25, 0.3) is 0 Å². The van der Waals surface area contributed by atoms with E-state index >= 15 is 0 Å². The summed E-state index contributed by atoms with van der Waals surface area (Å²) in [5, 5.41) is 5.25. The van der Waals surface area contributed by atoms with Crippen molar-refractivity contribution in [3.05, 3.63) is 22.2 Å². The molecule has 1 aliphatic rings. The summed E-state index contributed by atoms with van der Waals surface area (Å²) in [6.07, 6.45) is 2.44. The highest BCUT2D eigenvalue weighted by Crippen LogP contribution is 2.30. The lowest BCUT2D eigenvalue weighted by Crippen LogP contribution is -2.25. The molecule has 1 saturated heterocycles. The van der Waals surface area contributed by atoms with E-state index in [0.29, 0.717) is 16.8 Å². The Morgan fingerprint density at radius 1 is 1.35 bits per heavy atom. The summed E-state index contributed by atoms with van der Waals surface area (Å²) >= 11 is 3.28. The van der Waals surface area contributed by atoms with Crippen molar-refractivity contribution >= 4 is 26.0 Å². The topological polar surface area (TPSA) is 72.6 Å². The number of rotatable bonds is 5. The van der Waals surface area contributed by atoms with Gasteiger partial charge in [0.2, 0.25) is 10.0 Å². The predicted octanol–water partition coefficient (Wildman–Crippen LogP) is 1.88. The zero-order valence-corrected chi connectivity index (χ0v) is 13.8. The first-order valence-electron chi connectivity index (χ1n) is 6.56. The summed E-state index contributed by atoms with van der Waals surface area (Å²) in [6, 6.07) is 3.30. The molecule has 2 rings (SSSR count). The number of benzene rings is 1. The van der Waals surface area contributed by atoms with Gasteiger partial charge in [0.25, 0.3) is 0 Å². The first kappa shape index (κ1) is 15.8. The van der Waals surface area contributed by atoms with Crippen molar-refractivity contribution in [2.24, 2.45) is 5.14 Å². The molecular formula is C13H19BrN2O3S. The van der Waals surface area contributed by atoms with Gasteiger partial charge in [0.05, 0.1) is 0 Å². The van der Waals surface area contributed by atoms with E-state index in [4.69, 9.17) is 9.88 Å². The molecule has 0 saturated carbocycles. The Kier molecular flexibility index (Phi) is 5.06. The number of likely N-dealkylation sites (tertiary alicyclic amines) is 1. The molecule has 1 aliphatic heterocycles. The Bertz CT molecular complexity index is 584. The summed E-state index contributed by atoms with van der Waals surface area (Å²) in [5.41, 5.74) is 0.754. The number of aryl methyl sites for hydroxylation is 1. The highest BCUT2D eigenvalue weighted by atomic mass is 79.9. The molecule has 0 atom stereocenters. The number of halogens is 1. The monoisotopic (exact) mass is 362 g/mol. The minimum Gasteiger partial charge on any atom is -0.491 e. The van der Waals surface area contributed by atoms with Crippen molar-refractivity contribution in [2.75, 3.05) is 26.2 Å². The average molecular weight is 363 g/mol. The molecule has 0 amide bonds. The average Bonchev–Trinajstić information content (AvgIpc) is 2.83. The van der Waals surface area contributed by atoms with Crippen LogP contribution >= 0.6 is 15.9 Å². The van der Waals surface area contributed by atoms with Crippen LogP contribution in [0, 0.1) is 6.92 Å². The Hall–Kier alpha value is -0.630. The highest BCUT2D eigenvalue weighted by molar-refractivity contribution is 9.10. The Morgan fingerprint density at radius 3 is 2.60 bits per heavy atom. The summed E-state index contributed by atoms with van der Waals surface area (Å²) < 4.78 is 29.6. The zero-order chi connectivity index (χ0) is 14.8. The molecule has 2 N–H and O–H groups in total. The molecule has 1 aromatic carbocycles. The van der Waals surface area contributed by atoms with Gasteiger partial charge in [-0.25, -0.2) is 13.6 Å². The van der Waals surface area contributed by atoms with E-state index in [0.717, 1.165) is 25.2 Å². The Labute approximate surface area is 128 Å². The van der Waals surface area contributed by atoms with E-state index in [2.05, 4.69) is 20.8 Å². The second kappa shape index (κ2) is 6.43. The van der Waals surface area contributed by atoms with Gasteiger partial charge >= 0.3 is 0 Å². The molecule has 5 nitrogen and oxygen atoms in total. The van der Waals surface area contributed by atoms with Crippen molar-refractivity contribution in [1.82, 2.24) is 4.90 Å². The number of primary sulfonamides is 1. The Morgan fingerprint density at radius 2 is 2.00 bits per heavy atom. The lowest BCUT2D eigenvalue weighted by Gasteiger charge is -2.17. The third-order valence-corrected chi connectivity index (χ3v) is 4.74. The van der Waals surface area contributed by atoms with E-state index in [9.17, 15) is 8.42 Å². The lowest BCUT2D eigenvalue weighted by molar-refractivity contribution is 0.233. The van der Waals surface area contributed by atoms with Gasteiger partial charge < -0.3 is 4.74 Å². The molecule has 112 valence electrons.